The first-order chi connectivity index (χ1) is 6.58. The second kappa shape index (κ2) is 3.15. The third kappa shape index (κ3) is 1.42. The standard InChI is InChI=1S/C9H6ClNO2S/c10-5-3-7-4(1-6(5)11)2-8(14-7)9(12)13/h1-3H,11H2,(H,12,13). The average Bonchev–Trinajstić information content (AvgIpc) is 2.48. The Labute approximate surface area is 88.7 Å². The van der Waals surface area contributed by atoms with Crippen LogP contribution < -0.4 is 5.73 Å². The van der Waals surface area contributed by atoms with Crippen molar-refractivity contribution >= 4 is 44.7 Å². The Morgan fingerprint density at radius 1 is 1.43 bits per heavy atom. The number of aromatic carboxylic acids is 1. The predicted molar refractivity (Wildman–Crippen MR) is 58.2 cm³/mol. The Hall–Kier alpha value is -1.26. The van der Waals surface area contributed by atoms with Crippen LogP contribution in [0.25, 0.3) is 10.1 Å². The number of rotatable bonds is 1. The lowest BCUT2D eigenvalue weighted by atomic mass is 10.2. The second-order valence-corrected chi connectivity index (χ2v) is 4.32. The molecule has 2 rings (SSSR count). The highest BCUT2D eigenvalue weighted by Crippen LogP contribution is 2.31. The molecule has 0 amide bonds. The van der Waals surface area contributed by atoms with Gasteiger partial charge < -0.3 is 10.8 Å². The van der Waals surface area contributed by atoms with Crippen molar-refractivity contribution in [1.29, 1.82) is 0 Å². The zero-order valence-electron chi connectivity index (χ0n) is 6.95. The number of anilines is 1. The Bertz CT molecular complexity index is 482. The van der Waals surface area contributed by atoms with Gasteiger partial charge in [0.2, 0.25) is 0 Å². The molecule has 0 aliphatic rings. The lowest BCUT2D eigenvalue weighted by Crippen LogP contribution is -1.89. The number of nitrogens with two attached hydrogens (primary N) is 1. The summed E-state index contributed by atoms with van der Waals surface area (Å²) in [4.78, 5) is 11.0. The number of carboxylic acids is 1. The summed E-state index contributed by atoms with van der Waals surface area (Å²) in [6, 6.07) is 4.96. The van der Waals surface area contributed by atoms with E-state index in [4.69, 9.17) is 22.4 Å². The number of hydrogen-bond acceptors (Lipinski definition) is 3. The molecule has 0 saturated heterocycles. The fraction of sp³-hybridized carbons (Fsp3) is 0. The molecule has 0 aliphatic carbocycles. The molecule has 0 spiro atoms. The molecule has 1 aromatic carbocycles. The quantitative estimate of drug-likeness (QED) is 0.737. The van der Waals surface area contributed by atoms with E-state index in [1.807, 2.05) is 0 Å². The molecule has 0 unspecified atom stereocenters. The van der Waals surface area contributed by atoms with E-state index in [0.717, 1.165) is 10.1 Å². The zero-order chi connectivity index (χ0) is 10.3. The van der Waals surface area contributed by atoms with Crippen molar-refractivity contribution < 1.29 is 9.90 Å². The first kappa shape index (κ1) is 9.30. The Balaban J connectivity index is 2.72. The van der Waals surface area contributed by atoms with Crippen LogP contribution in [0.3, 0.4) is 0 Å². The summed E-state index contributed by atoms with van der Waals surface area (Å²) in [6.07, 6.45) is 0. The molecule has 14 heavy (non-hydrogen) atoms. The van der Waals surface area contributed by atoms with Crippen molar-refractivity contribution in [2.45, 2.75) is 0 Å². The van der Waals surface area contributed by atoms with E-state index in [-0.39, 0.29) is 0 Å². The van der Waals surface area contributed by atoms with Crippen molar-refractivity contribution in [1.82, 2.24) is 0 Å². The summed E-state index contributed by atoms with van der Waals surface area (Å²) in [6.45, 7) is 0. The van der Waals surface area contributed by atoms with Crippen LogP contribution in [0.4, 0.5) is 5.69 Å². The number of carbonyl (C=O) groups is 1. The smallest absolute Gasteiger partial charge is 0.345 e. The molecule has 0 radical (unpaired) electrons. The van der Waals surface area contributed by atoms with Gasteiger partial charge in [-0.1, -0.05) is 11.6 Å². The lowest BCUT2D eigenvalue weighted by molar-refractivity contribution is 0.0702. The van der Waals surface area contributed by atoms with Crippen LogP contribution in [-0.4, -0.2) is 11.1 Å². The van der Waals surface area contributed by atoms with Gasteiger partial charge in [0, 0.05) is 4.70 Å². The number of carboxylic acid groups (broad SMARTS) is 1. The highest BCUT2D eigenvalue weighted by molar-refractivity contribution is 7.20. The molecule has 0 atom stereocenters. The van der Waals surface area contributed by atoms with Gasteiger partial charge in [-0.15, -0.1) is 11.3 Å². The molecular weight excluding hydrogens is 222 g/mol. The van der Waals surface area contributed by atoms with E-state index in [9.17, 15) is 4.79 Å². The lowest BCUT2D eigenvalue weighted by Gasteiger charge is -1.95. The van der Waals surface area contributed by atoms with Crippen molar-refractivity contribution in [3.63, 3.8) is 0 Å². The van der Waals surface area contributed by atoms with E-state index in [2.05, 4.69) is 0 Å². The molecule has 5 heteroatoms. The largest absolute Gasteiger partial charge is 0.477 e. The van der Waals surface area contributed by atoms with Crippen LogP contribution in [-0.2, 0) is 0 Å². The van der Waals surface area contributed by atoms with Crippen molar-refractivity contribution in [2.24, 2.45) is 0 Å². The van der Waals surface area contributed by atoms with E-state index < -0.39 is 5.97 Å². The number of halogens is 1. The van der Waals surface area contributed by atoms with E-state index in [1.54, 1.807) is 18.2 Å². The van der Waals surface area contributed by atoms with Gasteiger partial charge in [-0.05, 0) is 23.6 Å². The first-order valence-electron chi connectivity index (χ1n) is 3.80. The van der Waals surface area contributed by atoms with Crippen LogP contribution in [0, 0.1) is 0 Å². The summed E-state index contributed by atoms with van der Waals surface area (Å²) in [5.41, 5.74) is 6.06. The number of thiophene rings is 1. The van der Waals surface area contributed by atoms with Crippen LogP contribution >= 0.6 is 22.9 Å². The molecule has 1 heterocycles. The molecule has 2 aromatic rings. The monoisotopic (exact) mass is 227 g/mol. The van der Waals surface area contributed by atoms with Crippen LogP contribution in [0.2, 0.25) is 5.02 Å². The van der Waals surface area contributed by atoms with Crippen molar-refractivity contribution in [3.8, 4) is 0 Å². The minimum atomic E-state index is -0.930. The summed E-state index contributed by atoms with van der Waals surface area (Å²) < 4.78 is 0.835. The summed E-state index contributed by atoms with van der Waals surface area (Å²) in [5, 5.41) is 10.0. The van der Waals surface area contributed by atoms with Gasteiger partial charge in [-0.25, -0.2) is 4.79 Å². The predicted octanol–water partition coefficient (Wildman–Crippen LogP) is 2.84. The van der Waals surface area contributed by atoms with Gasteiger partial charge >= 0.3 is 5.97 Å². The third-order valence-electron chi connectivity index (χ3n) is 1.85. The number of hydrogen-bond donors (Lipinski definition) is 2. The van der Waals surface area contributed by atoms with Gasteiger partial charge in [-0.2, -0.15) is 0 Å². The minimum absolute atomic E-state index is 0.293. The van der Waals surface area contributed by atoms with Gasteiger partial charge in [0.25, 0.3) is 0 Å². The normalized spacial score (nSPS) is 10.6. The maximum atomic E-state index is 10.7. The van der Waals surface area contributed by atoms with E-state index in [1.165, 1.54) is 11.3 Å². The van der Waals surface area contributed by atoms with E-state index >= 15 is 0 Å². The Kier molecular flexibility index (Phi) is 2.09. The van der Waals surface area contributed by atoms with Crippen LogP contribution in [0.1, 0.15) is 9.67 Å². The van der Waals surface area contributed by atoms with E-state index in [0.29, 0.717) is 15.6 Å². The molecule has 3 nitrogen and oxygen atoms in total. The average molecular weight is 228 g/mol. The third-order valence-corrected chi connectivity index (χ3v) is 3.26. The molecule has 0 bridgehead atoms. The fourth-order valence-electron chi connectivity index (χ4n) is 1.19. The maximum Gasteiger partial charge on any atom is 0.345 e. The summed E-state index contributed by atoms with van der Waals surface area (Å²) in [7, 11) is 0. The van der Waals surface area contributed by atoms with Gasteiger partial charge in [0.1, 0.15) is 4.88 Å². The summed E-state index contributed by atoms with van der Waals surface area (Å²) >= 11 is 7.00. The Morgan fingerprint density at radius 3 is 2.79 bits per heavy atom. The molecule has 0 fully saturated rings. The van der Waals surface area contributed by atoms with Gasteiger partial charge in [0.05, 0.1) is 10.7 Å². The molecule has 0 saturated carbocycles. The fourth-order valence-corrected chi connectivity index (χ4v) is 2.34. The number of nitrogen functional groups attached to an aromatic ring is 1. The topological polar surface area (TPSA) is 63.3 Å². The molecule has 1 aromatic heterocycles. The van der Waals surface area contributed by atoms with Crippen LogP contribution in [0.5, 0.6) is 0 Å². The molecule has 3 N–H and O–H groups in total. The van der Waals surface area contributed by atoms with Crippen LogP contribution in [0.15, 0.2) is 18.2 Å². The van der Waals surface area contributed by atoms with Gasteiger partial charge in [0.15, 0.2) is 0 Å². The SMILES string of the molecule is Nc1cc2cc(C(=O)O)sc2cc1Cl. The second-order valence-electron chi connectivity index (χ2n) is 2.83. The van der Waals surface area contributed by atoms with Gasteiger partial charge in [-0.3, -0.25) is 0 Å². The highest BCUT2D eigenvalue weighted by Gasteiger charge is 2.09. The minimum Gasteiger partial charge on any atom is -0.477 e. The highest BCUT2D eigenvalue weighted by atomic mass is 35.5. The van der Waals surface area contributed by atoms with Crippen molar-refractivity contribution in [2.75, 3.05) is 5.73 Å². The zero-order valence-corrected chi connectivity index (χ0v) is 8.52. The Morgan fingerprint density at radius 2 is 2.14 bits per heavy atom. The molecular formula is C9H6ClNO2S. The first-order valence-corrected chi connectivity index (χ1v) is 4.99. The van der Waals surface area contributed by atoms with Crippen molar-refractivity contribution in [3.05, 3.63) is 28.1 Å². The summed E-state index contributed by atoms with van der Waals surface area (Å²) in [5.74, 6) is -0.930. The number of fused-ring (bicyclic) bond motifs is 1. The molecule has 72 valence electrons. The number of benzene rings is 1. The maximum absolute atomic E-state index is 10.7. The molecule has 0 aliphatic heterocycles.